The van der Waals surface area contributed by atoms with Crippen molar-refractivity contribution in [1.82, 2.24) is 0 Å². The molecule has 0 aliphatic rings. The van der Waals surface area contributed by atoms with Gasteiger partial charge in [0, 0.05) is 28.0 Å². The number of benzene rings is 5. The van der Waals surface area contributed by atoms with Crippen LogP contribution in [0.5, 0.6) is 23.0 Å². The average molecular weight is 647 g/mol. The lowest BCUT2D eigenvalue weighted by atomic mass is 10.1. The number of carbonyl (C=O) groups excluding carboxylic acids is 2. The third-order valence-corrected chi connectivity index (χ3v) is 7.27. The van der Waals surface area contributed by atoms with Gasteiger partial charge in [-0.2, -0.15) is 0 Å². The molecule has 0 aliphatic heterocycles. The number of fused-ring (bicyclic) bond motifs is 2. The highest BCUT2D eigenvalue weighted by atomic mass is 16.6. The molecule has 0 aromatic heterocycles. The Morgan fingerprint density at radius 1 is 0.521 bits per heavy atom. The van der Waals surface area contributed by atoms with E-state index in [1.54, 1.807) is 38.1 Å². The molecule has 0 radical (unpaired) electrons. The van der Waals surface area contributed by atoms with Gasteiger partial charge in [-0.1, -0.05) is 92.0 Å². The summed E-state index contributed by atoms with van der Waals surface area (Å²) in [6.45, 7) is 10.7. The summed E-state index contributed by atoms with van der Waals surface area (Å²) < 4.78 is 35.5. The fraction of sp³-hybridized carbons (Fsp3) is 0.200. The van der Waals surface area contributed by atoms with Crippen LogP contribution in [0.2, 0.25) is 0 Å². The summed E-state index contributed by atoms with van der Waals surface area (Å²) in [4.78, 5) is 24.8. The van der Waals surface area contributed by atoms with Crippen LogP contribution in [0, 0.1) is 0 Å². The van der Waals surface area contributed by atoms with E-state index in [1.807, 2.05) is 84.9 Å². The largest absolute Gasteiger partial charge is 0.489 e. The highest BCUT2D eigenvalue weighted by molar-refractivity contribution is 5.89. The summed E-state index contributed by atoms with van der Waals surface area (Å²) in [5.74, 6) is 1.23. The standard InChI is InChI=1S/C40H38O8/c1-27(2)39(41)47-33(25-45-37-20-9-14-29-12-5-7-18-35(29)37)23-43-31-16-11-17-32(22-31)44-24-34(48-40(42)28(3)4)26-46-38-21-10-15-30-13-6-8-19-36(30)38/h5-22,33-34H,1,3,23-26H2,2,4H3. The topological polar surface area (TPSA) is 89.5 Å². The Morgan fingerprint density at radius 3 is 1.33 bits per heavy atom. The number of esters is 2. The number of hydrogen-bond acceptors (Lipinski definition) is 8. The molecule has 5 rings (SSSR count). The molecule has 5 aromatic carbocycles. The van der Waals surface area contributed by atoms with E-state index in [9.17, 15) is 9.59 Å². The van der Waals surface area contributed by atoms with E-state index < -0.39 is 24.1 Å². The molecule has 5 aromatic rings. The molecule has 0 saturated heterocycles. The van der Waals surface area contributed by atoms with Gasteiger partial charge in [0.2, 0.25) is 0 Å². The summed E-state index contributed by atoms with van der Waals surface area (Å²) in [7, 11) is 0. The molecular formula is C40H38O8. The van der Waals surface area contributed by atoms with Gasteiger partial charge in [-0.25, -0.2) is 9.59 Å². The molecule has 0 bridgehead atoms. The van der Waals surface area contributed by atoms with Crippen molar-refractivity contribution in [3.8, 4) is 23.0 Å². The lowest BCUT2D eigenvalue weighted by Gasteiger charge is -2.21. The maximum absolute atomic E-state index is 12.4. The van der Waals surface area contributed by atoms with Crippen LogP contribution in [0.3, 0.4) is 0 Å². The first-order valence-electron chi connectivity index (χ1n) is 15.6. The molecular weight excluding hydrogens is 608 g/mol. The van der Waals surface area contributed by atoms with Gasteiger partial charge < -0.3 is 28.4 Å². The van der Waals surface area contributed by atoms with Crippen molar-refractivity contribution in [3.63, 3.8) is 0 Å². The van der Waals surface area contributed by atoms with Crippen LogP contribution in [-0.2, 0) is 19.1 Å². The number of hydrogen-bond donors (Lipinski definition) is 0. The highest BCUT2D eigenvalue weighted by Gasteiger charge is 2.20. The Kier molecular flexibility index (Phi) is 11.3. The molecule has 0 N–H and O–H groups in total. The zero-order chi connectivity index (χ0) is 33.9. The van der Waals surface area contributed by atoms with Gasteiger partial charge in [-0.3, -0.25) is 0 Å². The molecule has 2 atom stereocenters. The summed E-state index contributed by atoms with van der Waals surface area (Å²) in [6, 6.07) is 34.3. The van der Waals surface area contributed by atoms with Crippen LogP contribution in [0.4, 0.5) is 0 Å². The Bertz CT molecular complexity index is 1770. The van der Waals surface area contributed by atoms with Gasteiger partial charge >= 0.3 is 11.9 Å². The van der Waals surface area contributed by atoms with Gasteiger partial charge in [0.25, 0.3) is 0 Å². The molecule has 0 amide bonds. The van der Waals surface area contributed by atoms with Crippen molar-refractivity contribution in [1.29, 1.82) is 0 Å². The van der Waals surface area contributed by atoms with Gasteiger partial charge in [0.15, 0.2) is 12.2 Å². The first-order valence-corrected chi connectivity index (χ1v) is 15.6. The van der Waals surface area contributed by atoms with Gasteiger partial charge in [0.1, 0.15) is 49.4 Å². The minimum Gasteiger partial charge on any atom is -0.489 e. The minimum absolute atomic E-state index is 0.0188. The van der Waals surface area contributed by atoms with E-state index >= 15 is 0 Å². The van der Waals surface area contributed by atoms with E-state index in [-0.39, 0.29) is 37.6 Å². The first-order chi connectivity index (χ1) is 23.3. The molecule has 0 heterocycles. The fourth-order valence-electron chi connectivity index (χ4n) is 4.78. The zero-order valence-electron chi connectivity index (χ0n) is 27.1. The molecule has 2 unspecified atom stereocenters. The Labute approximate surface area is 280 Å². The first kappa shape index (κ1) is 33.6. The maximum Gasteiger partial charge on any atom is 0.333 e. The SMILES string of the molecule is C=C(C)C(=O)OC(COc1cccc(OCC(COc2cccc3ccccc23)OC(=O)C(=C)C)c1)COc1cccc2ccccc12. The predicted octanol–water partition coefficient (Wildman–Crippen LogP) is 7.88. The van der Waals surface area contributed by atoms with E-state index in [0.29, 0.717) is 23.0 Å². The van der Waals surface area contributed by atoms with Crippen molar-refractivity contribution in [2.75, 3.05) is 26.4 Å². The second-order valence-corrected chi connectivity index (χ2v) is 11.3. The van der Waals surface area contributed by atoms with Crippen molar-refractivity contribution in [2.24, 2.45) is 0 Å². The predicted molar refractivity (Wildman–Crippen MR) is 186 cm³/mol. The van der Waals surface area contributed by atoms with Crippen molar-refractivity contribution in [2.45, 2.75) is 26.1 Å². The van der Waals surface area contributed by atoms with Gasteiger partial charge in [-0.05, 0) is 48.9 Å². The molecule has 48 heavy (non-hydrogen) atoms. The fourth-order valence-corrected chi connectivity index (χ4v) is 4.78. The third-order valence-electron chi connectivity index (χ3n) is 7.27. The highest BCUT2D eigenvalue weighted by Crippen LogP contribution is 2.27. The normalized spacial score (nSPS) is 12.0. The molecule has 246 valence electrons. The molecule has 0 saturated carbocycles. The van der Waals surface area contributed by atoms with E-state index in [2.05, 4.69) is 13.2 Å². The van der Waals surface area contributed by atoms with Crippen LogP contribution in [0.25, 0.3) is 21.5 Å². The van der Waals surface area contributed by atoms with Crippen LogP contribution < -0.4 is 18.9 Å². The number of carbonyl (C=O) groups is 2. The van der Waals surface area contributed by atoms with Crippen LogP contribution >= 0.6 is 0 Å². The Hall–Kier alpha value is -5.76. The summed E-state index contributed by atoms with van der Waals surface area (Å²) in [5, 5.41) is 3.97. The summed E-state index contributed by atoms with van der Waals surface area (Å²) in [5.41, 5.74) is 0.541. The minimum atomic E-state index is -0.727. The zero-order valence-corrected chi connectivity index (χ0v) is 27.1. The van der Waals surface area contributed by atoms with E-state index in [1.165, 1.54) is 0 Å². The van der Waals surface area contributed by atoms with Crippen molar-refractivity contribution >= 4 is 33.5 Å². The quantitative estimate of drug-likeness (QED) is 0.0790. The Balaban J connectivity index is 1.22. The number of ether oxygens (including phenoxy) is 6. The van der Waals surface area contributed by atoms with Gasteiger partial charge in [-0.15, -0.1) is 0 Å². The molecule has 8 heteroatoms. The third kappa shape index (κ3) is 9.16. The van der Waals surface area contributed by atoms with E-state index in [0.717, 1.165) is 21.5 Å². The monoisotopic (exact) mass is 646 g/mol. The molecule has 0 fully saturated rings. The second kappa shape index (κ2) is 16.2. The number of rotatable bonds is 16. The lowest BCUT2D eigenvalue weighted by molar-refractivity contribution is -0.148. The Morgan fingerprint density at radius 2 is 0.896 bits per heavy atom. The summed E-state index contributed by atoms with van der Waals surface area (Å²) >= 11 is 0. The molecule has 8 nitrogen and oxygen atoms in total. The van der Waals surface area contributed by atoms with Crippen LogP contribution in [-0.4, -0.2) is 50.6 Å². The van der Waals surface area contributed by atoms with Crippen molar-refractivity contribution in [3.05, 3.63) is 133 Å². The lowest BCUT2D eigenvalue weighted by Crippen LogP contribution is -2.31. The second-order valence-electron chi connectivity index (χ2n) is 11.3. The average Bonchev–Trinajstić information content (AvgIpc) is 3.10. The van der Waals surface area contributed by atoms with Gasteiger partial charge in [0.05, 0.1) is 0 Å². The summed E-state index contributed by atoms with van der Waals surface area (Å²) in [6.07, 6.45) is -1.45. The van der Waals surface area contributed by atoms with Crippen molar-refractivity contribution < 1.29 is 38.0 Å². The molecule has 0 aliphatic carbocycles. The van der Waals surface area contributed by atoms with Crippen LogP contribution in [0.1, 0.15) is 13.8 Å². The van der Waals surface area contributed by atoms with E-state index in [4.69, 9.17) is 28.4 Å². The van der Waals surface area contributed by atoms with Crippen LogP contribution in [0.15, 0.2) is 133 Å². The smallest absolute Gasteiger partial charge is 0.333 e. The molecule has 0 spiro atoms. The maximum atomic E-state index is 12.4.